The van der Waals surface area contributed by atoms with Crippen LogP contribution >= 0.6 is 23.4 Å². The summed E-state index contributed by atoms with van der Waals surface area (Å²) in [7, 11) is 0. The Balaban J connectivity index is 1.92. The molecule has 7 heteroatoms. The minimum atomic E-state index is -0.0400. The third kappa shape index (κ3) is 4.90. The summed E-state index contributed by atoms with van der Waals surface area (Å²) >= 11 is 7.44. The summed E-state index contributed by atoms with van der Waals surface area (Å²) in [4.78, 5) is 30.3. The molecule has 1 fully saturated rings. The lowest BCUT2D eigenvalue weighted by atomic mass is 9.95. The maximum atomic E-state index is 13.2. The van der Waals surface area contributed by atoms with E-state index in [9.17, 15) is 9.59 Å². The topological polar surface area (TPSA) is 64.0 Å². The molecule has 0 bridgehead atoms. The molecule has 152 valence electrons. The highest BCUT2D eigenvalue weighted by Crippen LogP contribution is 2.31. The number of rotatable bonds is 6. The van der Waals surface area contributed by atoms with Crippen molar-refractivity contribution in [2.24, 2.45) is 5.92 Å². The van der Waals surface area contributed by atoms with Crippen LogP contribution in [0.15, 0.2) is 28.2 Å². The lowest BCUT2D eigenvalue weighted by molar-refractivity contribution is -0.119. The summed E-state index contributed by atoms with van der Waals surface area (Å²) in [6.45, 7) is 6.16. The van der Waals surface area contributed by atoms with E-state index in [0.29, 0.717) is 27.0 Å². The molecule has 0 radical (unpaired) electrons. The van der Waals surface area contributed by atoms with Crippen molar-refractivity contribution in [3.63, 3.8) is 0 Å². The second kappa shape index (κ2) is 9.31. The number of benzene rings is 1. The van der Waals surface area contributed by atoms with Crippen molar-refractivity contribution >= 4 is 40.2 Å². The molecule has 28 heavy (non-hydrogen) atoms. The van der Waals surface area contributed by atoms with Crippen LogP contribution in [0.3, 0.4) is 0 Å². The number of nitrogens with one attached hydrogen (secondary N) is 1. The zero-order valence-electron chi connectivity index (χ0n) is 16.7. The monoisotopic (exact) mass is 421 g/mol. The molecule has 1 N–H and O–H groups in total. The molecule has 1 aromatic carbocycles. The smallest absolute Gasteiger partial charge is 0.262 e. The summed E-state index contributed by atoms with van der Waals surface area (Å²) in [6.07, 6.45) is 5.40. The summed E-state index contributed by atoms with van der Waals surface area (Å²) in [5.74, 6) is 0.569. The van der Waals surface area contributed by atoms with Gasteiger partial charge < -0.3 is 5.32 Å². The van der Waals surface area contributed by atoms with Crippen molar-refractivity contribution in [2.45, 2.75) is 70.1 Å². The molecule has 3 rings (SSSR count). The highest BCUT2D eigenvalue weighted by molar-refractivity contribution is 7.99. The first kappa shape index (κ1) is 21.2. The van der Waals surface area contributed by atoms with Crippen LogP contribution in [0.4, 0.5) is 0 Å². The zero-order chi connectivity index (χ0) is 20.3. The van der Waals surface area contributed by atoms with E-state index in [0.717, 1.165) is 25.7 Å². The van der Waals surface area contributed by atoms with Gasteiger partial charge in [-0.2, -0.15) is 0 Å². The van der Waals surface area contributed by atoms with Gasteiger partial charge in [-0.05, 0) is 43.9 Å². The van der Waals surface area contributed by atoms with Gasteiger partial charge in [0, 0.05) is 17.1 Å². The number of thioether (sulfide) groups is 1. The summed E-state index contributed by atoms with van der Waals surface area (Å²) in [6, 6.07) is 5.45. The van der Waals surface area contributed by atoms with E-state index >= 15 is 0 Å². The lowest BCUT2D eigenvalue weighted by Crippen LogP contribution is -2.37. The van der Waals surface area contributed by atoms with Gasteiger partial charge in [-0.1, -0.05) is 56.5 Å². The number of amides is 1. The normalized spacial score (nSPS) is 16.5. The number of aromatic nitrogens is 2. The maximum absolute atomic E-state index is 13.2. The first-order chi connectivity index (χ1) is 13.4. The van der Waals surface area contributed by atoms with Gasteiger partial charge in [-0.3, -0.25) is 14.2 Å². The third-order valence-electron chi connectivity index (χ3n) is 5.49. The van der Waals surface area contributed by atoms with Crippen molar-refractivity contribution < 1.29 is 4.79 Å². The predicted octanol–water partition coefficient (Wildman–Crippen LogP) is 4.81. The number of fused-ring (bicyclic) bond motifs is 1. The SMILES string of the molecule is CC(C)[C@H](C)NC(=O)CSc1nc2cc(Cl)ccc2c(=O)n1C1CCCCC1. The Labute approximate surface area is 175 Å². The number of carbonyl (C=O) groups is 1. The molecule has 5 nitrogen and oxygen atoms in total. The minimum Gasteiger partial charge on any atom is -0.353 e. The molecule has 1 atom stereocenters. The van der Waals surface area contributed by atoms with Gasteiger partial charge in [0.25, 0.3) is 5.56 Å². The first-order valence-electron chi connectivity index (χ1n) is 10.0. The van der Waals surface area contributed by atoms with E-state index in [2.05, 4.69) is 19.2 Å². The Kier molecular flexibility index (Phi) is 7.05. The Morgan fingerprint density at radius 2 is 2.00 bits per heavy atom. The molecule has 1 saturated carbocycles. The summed E-state index contributed by atoms with van der Waals surface area (Å²) in [5.41, 5.74) is 0.551. The average Bonchev–Trinajstić information content (AvgIpc) is 2.66. The Hall–Kier alpha value is -1.53. The predicted molar refractivity (Wildman–Crippen MR) is 116 cm³/mol. The third-order valence-corrected chi connectivity index (χ3v) is 6.68. The van der Waals surface area contributed by atoms with Crippen molar-refractivity contribution in [3.8, 4) is 0 Å². The van der Waals surface area contributed by atoms with E-state index in [1.54, 1.807) is 18.2 Å². The van der Waals surface area contributed by atoms with E-state index in [1.165, 1.54) is 18.2 Å². The second-order valence-electron chi connectivity index (χ2n) is 7.91. The van der Waals surface area contributed by atoms with E-state index < -0.39 is 0 Å². The molecule has 1 heterocycles. The van der Waals surface area contributed by atoms with Gasteiger partial charge in [0.05, 0.1) is 16.7 Å². The number of carbonyl (C=O) groups excluding carboxylic acids is 1. The quantitative estimate of drug-likeness (QED) is 0.537. The van der Waals surface area contributed by atoms with Gasteiger partial charge in [-0.15, -0.1) is 0 Å². The molecular formula is C21H28ClN3O2S. The van der Waals surface area contributed by atoms with Gasteiger partial charge in [0.2, 0.25) is 5.91 Å². The minimum absolute atomic E-state index is 0.0352. The summed E-state index contributed by atoms with van der Waals surface area (Å²) in [5, 5.41) is 4.75. The van der Waals surface area contributed by atoms with Crippen LogP contribution in [0, 0.1) is 5.92 Å². The number of hydrogen-bond donors (Lipinski definition) is 1. The molecule has 0 aliphatic heterocycles. The van der Waals surface area contributed by atoms with Crippen LogP contribution in [-0.4, -0.2) is 27.3 Å². The van der Waals surface area contributed by atoms with Crippen molar-refractivity contribution in [1.29, 1.82) is 0 Å². The zero-order valence-corrected chi connectivity index (χ0v) is 18.3. The molecule has 1 amide bonds. The van der Waals surface area contributed by atoms with Gasteiger partial charge >= 0.3 is 0 Å². The van der Waals surface area contributed by atoms with Crippen LogP contribution in [0.25, 0.3) is 10.9 Å². The van der Waals surface area contributed by atoms with Gasteiger partial charge in [0.15, 0.2) is 5.16 Å². The standard InChI is InChI=1S/C21H28ClN3O2S/c1-13(2)14(3)23-19(26)12-28-21-24-18-11-15(22)9-10-17(18)20(27)25(21)16-7-5-4-6-8-16/h9-11,13-14,16H,4-8,12H2,1-3H3,(H,23,26)/t14-/m0/s1. The molecule has 1 aliphatic rings. The molecule has 0 spiro atoms. The van der Waals surface area contributed by atoms with Crippen LogP contribution < -0.4 is 10.9 Å². The van der Waals surface area contributed by atoms with Crippen LogP contribution in [-0.2, 0) is 4.79 Å². The molecule has 0 unspecified atom stereocenters. The fraction of sp³-hybridized carbons (Fsp3) is 0.571. The largest absolute Gasteiger partial charge is 0.353 e. The molecule has 1 aromatic heterocycles. The molecule has 0 saturated heterocycles. The fourth-order valence-electron chi connectivity index (χ4n) is 3.51. The Morgan fingerprint density at radius 3 is 2.68 bits per heavy atom. The number of nitrogens with zero attached hydrogens (tertiary/aromatic N) is 2. The van der Waals surface area contributed by atoms with E-state index in [4.69, 9.17) is 16.6 Å². The lowest BCUT2D eigenvalue weighted by Gasteiger charge is -2.26. The van der Waals surface area contributed by atoms with Gasteiger partial charge in [-0.25, -0.2) is 4.98 Å². The van der Waals surface area contributed by atoms with Gasteiger partial charge in [0.1, 0.15) is 0 Å². The molecule has 2 aromatic rings. The number of halogens is 1. The number of hydrogen-bond acceptors (Lipinski definition) is 4. The fourth-order valence-corrected chi connectivity index (χ4v) is 4.55. The van der Waals surface area contributed by atoms with Crippen molar-refractivity contribution in [1.82, 2.24) is 14.9 Å². The van der Waals surface area contributed by atoms with Crippen molar-refractivity contribution in [3.05, 3.63) is 33.6 Å². The van der Waals surface area contributed by atoms with E-state index in [-0.39, 0.29) is 29.3 Å². The molecular weight excluding hydrogens is 394 g/mol. The van der Waals surface area contributed by atoms with Crippen LogP contribution in [0.2, 0.25) is 5.02 Å². The molecule has 1 aliphatic carbocycles. The van der Waals surface area contributed by atoms with Crippen LogP contribution in [0.1, 0.15) is 58.9 Å². The first-order valence-corrected chi connectivity index (χ1v) is 11.4. The average molecular weight is 422 g/mol. The highest BCUT2D eigenvalue weighted by atomic mass is 35.5. The maximum Gasteiger partial charge on any atom is 0.262 e. The van der Waals surface area contributed by atoms with Crippen molar-refractivity contribution in [2.75, 3.05) is 5.75 Å². The second-order valence-corrected chi connectivity index (χ2v) is 9.29. The van der Waals surface area contributed by atoms with Crippen LogP contribution in [0.5, 0.6) is 0 Å². The Morgan fingerprint density at radius 1 is 1.29 bits per heavy atom. The Bertz CT molecular complexity index is 906. The summed E-state index contributed by atoms with van der Waals surface area (Å²) < 4.78 is 1.82. The highest BCUT2D eigenvalue weighted by Gasteiger charge is 2.22. The van der Waals surface area contributed by atoms with E-state index in [1.807, 2.05) is 11.5 Å².